The second kappa shape index (κ2) is 23.8. The van der Waals surface area contributed by atoms with E-state index in [1.54, 1.807) is 0 Å². The Bertz CT molecular complexity index is 6.00. The van der Waals surface area contributed by atoms with Crippen LogP contribution in [0, 0.1) is 0 Å². The van der Waals surface area contributed by atoms with E-state index in [1.807, 2.05) is 0 Å². The first-order valence-corrected chi connectivity index (χ1v) is 0.289. The molecule has 0 aliphatic rings. The molecule has 0 aromatic rings. The quantitative estimate of drug-likeness (QED) is 0.199. The van der Waals surface area contributed by atoms with Crippen molar-refractivity contribution < 1.29 is 51.4 Å². The molecule has 0 rings (SSSR count). The molecule has 22 valence electrons. The number of hydrogen-bond donors (Lipinski definition) is 1. The van der Waals surface area contributed by atoms with E-state index in [2.05, 4.69) is 5.84 Å². The van der Waals surface area contributed by atoms with Crippen molar-refractivity contribution in [3.8, 4) is 0 Å². The van der Waals surface area contributed by atoms with Gasteiger partial charge in [-0.2, -0.15) is 0 Å². The molecule has 0 radical (unpaired) electrons. The van der Waals surface area contributed by atoms with E-state index in [0.717, 1.165) is 0 Å². The smallest absolute Gasteiger partial charge is 0.615 e. The first-order chi connectivity index (χ1) is 1.00. The third-order valence-electron chi connectivity index (χ3n) is 0. The monoisotopic (exact) mass is 86.0 g/mol. The van der Waals surface area contributed by atoms with E-state index in [1.165, 1.54) is 0 Å². The first-order valence-electron chi connectivity index (χ1n) is 0.289. The number of nitrogens with two attached hydrogens (primary N) is 1. The number of nitrogens with one attached hydrogen (secondary N) is 1. The molecule has 0 amide bonds. The number of hydrogen-bond acceptors (Lipinski definition) is 1. The Hall–Kier alpha value is 1.56. The summed E-state index contributed by atoms with van der Waals surface area (Å²) in [5.41, 5.74) is 0. The molecule has 0 fully saturated rings. The minimum atomic E-state index is 0. The van der Waals surface area contributed by atoms with Crippen LogP contribution in [0.1, 0.15) is 7.43 Å². The molecule has 0 heterocycles. The Morgan fingerprint density at radius 3 is 1.25 bits per heavy atom. The molecular weight excluding hydrogens is 79.1 g/mol. The van der Waals surface area contributed by atoms with Crippen LogP contribution in [-0.4, -0.2) is 0 Å². The fourth-order valence-electron chi connectivity index (χ4n) is 0. The zero-order valence-corrected chi connectivity index (χ0v) is 5.20. The SMILES string of the molecule is C.[K+].[NH-]N. The Balaban J connectivity index is -0.00000000500. The summed E-state index contributed by atoms with van der Waals surface area (Å²) in [5.74, 6) is 9.00. The van der Waals surface area contributed by atoms with Crippen LogP contribution < -0.4 is 57.2 Å². The van der Waals surface area contributed by atoms with Crippen LogP contribution in [0.25, 0.3) is 5.84 Å². The summed E-state index contributed by atoms with van der Waals surface area (Å²) in [6.07, 6.45) is 0. The van der Waals surface area contributed by atoms with Crippen molar-refractivity contribution in [2.24, 2.45) is 5.84 Å². The van der Waals surface area contributed by atoms with Crippen molar-refractivity contribution >= 4 is 0 Å². The second-order valence-corrected chi connectivity index (χ2v) is 0. The zero-order chi connectivity index (χ0) is 2.00. The van der Waals surface area contributed by atoms with E-state index in [9.17, 15) is 0 Å². The largest absolute Gasteiger partial charge is 1.00 e. The molecule has 0 spiro atoms. The van der Waals surface area contributed by atoms with Gasteiger partial charge < -0.3 is 11.7 Å². The van der Waals surface area contributed by atoms with Crippen LogP contribution in [0.15, 0.2) is 0 Å². The summed E-state index contributed by atoms with van der Waals surface area (Å²) >= 11 is 0. The van der Waals surface area contributed by atoms with E-state index in [-0.39, 0.29) is 58.8 Å². The molecule has 4 heavy (non-hydrogen) atoms. The van der Waals surface area contributed by atoms with Crippen molar-refractivity contribution in [3.63, 3.8) is 0 Å². The Morgan fingerprint density at radius 2 is 1.25 bits per heavy atom. The van der Waals surface area contributed by atoms with Crippen molar-refractivity contribution in [2.75, 3.05) is 0 Å². The standard InChI is InChI=1S/CH4.K.H3N2/c;;1-2/h1H4;;1H,2H2/q;+1;-1. The fourth-order valence-corrected chi connectivity index (χ4v) is 0. The molecule has 0 aliphatic heterocycles. The summed E-state index contributed by atoms with van der Waals surface area (Å²) in [5, 5.41) is 0. The van der Waals surface area contributed by atoms with Crippen LogP contribution in [-0.2, 0) is 0 Å². The van der Waals surface area contributed by atoms with Gasteiger partial charge in [-0.25, -0.2) is 0 Å². The first kappa shape index (κ1) is 17.7. The molecular formula is CH7KN2. The van der Waals surface area contributed by atoms with E-state index >= 15 is 0 Å². The topological polar surface area (TPSA) is 49.8 Å². The third-order valence-corrected chi connectivity index (χ3v) is 0. The molecule has 0 aromatic carbocycles. The van der Waals surface area contributed by atoms with Gasteiger partial charge in [0.2, 0.25) is 0 Å². The molecule has 0 bridgehead atoms. The van der Waals surface area contributed by atoms with Gasteiger partial charge in [-0.3, -0.25) is 0 Å². The Kier molecular flexibility index (Phi) is 105. The van der Waals surface area contributed by atoms with E-state index in [4.69, 9.17) is 5.84 Å². The van der Waals surface area contributed by atoms with Gasteiger partial charge >= 0.3 is 51.4 Å². The summed E-state index contributed by atoms with van der Waals surface area (Å²) < 4.78 is 0. The molecule has 0 aromatic heterocycles. The molecule has 3 N–H and O–H groups in total. The average Bonchev–Trinajstić information content (AvgIpc) is 1.00. The molecule has 0 unspecified atom stereocenters. The molecule has 2 nitrogen and oxygen atoms in total. The molecule has 0 aliphatic carbocycles. The fraction of sp³-hybridized carbons (Fsp3) is 1.00. The van der Waals surface area contributed by atoms with Crippen LogP contribution in [0.4, 0.5) is 0 Å². The van der Waals surface area contributed by atoms with Crippen molar-refractivity contribution in [3.05, 3.63) is 5.84 Å². The predicted molar refractivity (Wildman–Crippen MR) is 15.2 cm³/mol. The van der Waals surface area contributed by atoms with Gasteiger partial charge in [-0.15, -0.1) is 0 Å². The van der Waals surface area contributed by atoms with Crippen molar-refractivity contribution in [1.29, 1.82) is 0 Å². The summed E-state index contributed by atoms with van der Waals surface area (Å²) in [6, 6.07) is 0. The third kappa shape index (κ3) is 9.59. The van der Waals surface area contributed by atoms with Crippen LogP contribution in [0.5, 0.6) is 0 Å². The Labute approximate surface area is 69.3 Å². The molecule has 3 heteroatoms. The van der Waals surface area contributed by atoms with Gasteiger partial charge in [0.1, 0.15) is 0 Å². The maximum absolute atomic E-state index is 5.25. The van der Waals surface area contributed by atoms with Gasteiger partial charge in [-0.1, -0.05) is 7.43 Å². The van der Waals surface area contributed by atoms with Crippen LogP contribution >= 0.6 is 0 Å². The summed E-state index contributed by atoms with van der Waals surface area (Å²) in [4.78, 5) is 0. The maximum atomic E-state index is 5.25. The van der Waals surface area contributed by atoms with Gasteiger partial charge in [0.05, 0.1) is 0 Å². The minimum absolute atomic E-state index is 0. The maximum Gasteiger partial charge on any atom is 1.00 e. The molecule has 0 atom stereocenters. The normalized spacial score (nSPS) is 1.50. The van der Waals surface area contributed by atoms with Gasteiger partial charge in [0.25, 0.3) is 0 Å². The van der Waals surface area contributed by atoms with E-state index in [0.29, 0.717) is 0 Å². The van der Waals surface area contributed by atoms with Crippen molar-refractivity contribution in [1.82, 2.24) is 0 Å². The van der Waals surface area contributed by atoms with Crippen LogP contribution in [0.3, 0.4) is 0 Å². The predicted octanol–water partition coefficient (Wildman–Crippen LogP) is -2.45. The Morgan fingerprint density at radius 1 is 1.25 bits per heavy atom. The number of rotatable bonds is 0. The summed E-state index contributed by atoms with van der Waals surface area (Å²) in [7, 11) is 0. The van der Waals surface area contributed by atoms with Crippen LogP contribution in [0.2, 0.25) is 0 Å². The van der Waals surface area contributed by atoms with Gasteiger partial charge in [0.15, 0.2) is 0 Å². The molecule has 0 saturated heterocycles. The minimum Gasteiger partial charge on any atom is -0.615 e. The zero-order valence-electron chi connectivity index (χ0n) is 2.08. The van der Waals surface area contributed by atoms with E-state index < -0.39 is 0 Å². The molecule has 0 saturated carbocycles. The van der Waals surface area contributed by atoms with Gasteiger partial charge in [-0.05, 0) is 0 Å². The second-order valence-electron chi connectivity index (χ2n) is 0. The van der Waals surface area contributed by atoms with Gasteiger partial charge in [0, 0.05) is 0 Å². The average molecular weight is 86.2 g/mol. The summed E-state index contributed by atoms with van der Waals surface area (Å²) in [6.45, 7) is 0. The van der Waals surface area contributed by atoms with Crippen molar-refractivity contribution in [2.45, 2.75) is 7.43 Å².